The number of rotatable bonds is 6. The van der Waals surface area contributed by atoms with Crippen molar-refractivity contribution in [3.63, 3.8) is 0 Å². The van der Waals surface area contributed by atoms with Crippen LogP contribution >= 0.6 is 23.2 Å². The minimum Gasteiger partial charge on any atom is -0.421 e. The first kappa shape index (κ1) is 14.3. The van der Waals surface area contributed by atoms with E-state index in [9.17, 15) is 0 Å². The molecular formula is C13H15Cl2N3O. The van der Waals surface area contributed by atoms with Gasteiger partial charge in [-0.25, -0.2) is 0 Å². The Hall–Kier alpha value is -1.10. The molecular weight excluding hydrogens is 285 g/mol. The zero-order chi connectivity index (χ0) is 13.7. The molecule has 0 spiro atoms. The molecule has 1 heterocycles. The molecule has 1 aromatic heterocycles. The van der Waals surface area contributed by atoms with Gasteiger partial charge in [0.25, 0.3) is 0 Å². The van der Waals surface area contributed by atoms with Gasteiger partial charge in [0.15, 0.2) is 0 Å². The van der Waals surface area contributed by atoms with E-state index >= 15 is 0 Å². The van der Waals surface area contributed by atoms with Crippen LogP contribution in [0.25, 0.3) is 11.5 Å². The number of nitrogens with one attached hydrogen (secondary N) is 1. The van der Waals surface area contributed by atoms with E-state index in [0.717, 1.165) is 19.5 Å². The Labute approximate surface area is 122 Å². The van der Waals surface area contributed by atoms with Crippen molar-refractivity contribution in [2.45, 2.75) is 19.8 Å². The highest BCUT2D eigenvalue weighted by Gasteiger charge is 2.12. The third-order valence-corrected chi connectivity index (χ3v) is 3.13. The van der Waals surface area contributed by atoms with Crippen LogP contribution in [0.2, 0.25) is 10.0 Å². The SMILES string of the molecule is CCCNCCc1nnc(-c2cc(Cl)ccc2Cl)o1. The molecule has 2 rings (SSSR count). The second kappa shape index (κ2) is 6.89. The first-order chi connectivity index (χ1) is 9.20. The van der Waals surface area contributed by atoms with Gasteiger partial charge >= 0.3 is 0 Å². The summed E-state index contributed by atoms with van der Waals surface area (Å²) in [4.78, 5) is 0. The zero-order valence-electron chi connectivity index (χ0n) is 10.6. The summed E-state index contributed by atoms with van der Waals surface area (Å²) in [5, 5.41) is 12.4. The average molecular weight is 300 g/mol. The Morgan fingerprint density at radius 3 is 2.84 bits per heavy atom. The molecule has 0 aliphatic heterocycles. The Balaban J connectivity index is 2.06. The summed E-state index contributed by atoms with van der Waals surface area (Å²) in [5.41, 5.74) is 0.662. The van der Waals surface area contributed by atoms with Crippen LogP contribution in [0.4, 0.5) is 0 Å². The quantitative estimate of drug-likeness (QED) is 0.828. The van der Waals surface area contributed by atoms with Crippen LogP contribution < -0.4 is 5.32 Å². The van der Waals surface area contributed by atoms with E-state index in [4.69, 9.17) is 27.6 Å². The number of halogens is 2. The fourth-order valence-corrected chi connectivity index (χ4v) is 1.99. The minimum atomic E-state index is 0.401. The van der Waals surface area contributed by atoms with Gasteiger partial charge in [0.2, 0.25) is 11.8 Å². The molecule has 0 atom stereocenters. The van der Waals surface area contributed by atoms with Gasteiger partial charge in [-0.2, -0.15) is 0 Å². The molecule has 1 aromatic carbocycles. The van der Waals surface area contributed by atoms with Gasteiger partial charge in [0.05, 0.1) is 10.6 Å². The van der Waals surface area contributed by atoms with Crippen LogP contribution in [0.5, 0.6) is 0 Å². The van der Waals surface area contributed by atoms with Crippen LogP contribution in [0.15, 0.2) is 22.6 Å². The second-order valence-electron chi connectivity index (χ2n) is 4.13. The third kappa shape index (κ3) is 3.93. The number of nitrogens with zero attached hydrogens (tertiary/aromatic N) is 2. The fourth-order valence-electron chi connectivity index (χ4n) is 1.62. The van der Waals surface area contributed by atoms with Gasteiger partial charge in [-0.1, -0.05) is 30.1 Å². The molecule has 102 valence electrons. The van der Waals surface area contributed by atoms with Crippen molar-refractivity contribution < 1.29 is 4.42 Å². The van der Waals surface area contributed by atoms with E-state index in [1.54, 1.807) is 18.2 Å². The van der Waals surface area contributed by atoms with Crippen LogP contribution in [0.3, 0.4) is 0 Å². The highest BCUT2D eigenvalue weighted by Crippen LogP contribution is 2.29. The smallest absolute Gasteiger partial charge is 0.249 e. The topological polar surface area (TPSA) is 51.0 Å². The van der Waals surface area contributed by atoms with E-state index in [1.807, 2.05) is 0 Å². The van der Waals surface area contributed by atoms with Gasteiger partial charge < -0.3 is 9.73 Å². The Kier molecular flexibility index (Phi) is 5.19. The van der Waals surface area contributed by atoms with E-state index in [1.165, 1.54) is 0 Å². The predicted molar refractivity (Wildman–Crippen MR) is 76.6 cm³/mol. The summed E-state index contributed by atoms with van der Waals surface area (Å²) < 4.78 is 5.58. The zero-order valence-corrected chi connectivity index (χ0v) is 12.1. The van der Waals surface area contributed by atoms with Crippen LogP contribution in [-0.2, 0) is 6.42 Å². The second-order valence-corrected chi connectivity index (χ2v) is 4.97. The third-order valence-electron chi connectivity index (χ3n) is 2.57. The van der Waals surface area contributed by atoms with Crippen molar-refractivity contribution >= 4 is 23.2 Å². The molecule has 0 unspecified atom stereocenters. The van der Waals surface area contributed by atoms with Crippen molar-refractivity contribution in [2.24, 2.45) is 0 Å². The molecule has 1 N–H and O–H groups in total. The van der Waals surface area contributed by atoms with E-state index in [-0.39, 0.29) is 0 Å². The van der Waals surface area contributed by atoms with Gasteiger partial charge in [-0.05, 0) is 31.2 Å². The van der Waals surface area contributed by atoms with E-state index < -0.39 is 0 Å². The lowest BCUT2D eigenvalue weighted by molar-refractivity contribution is 0.494. The molecule has 0 aliphatic rings. The molecule has 19 heavy (non-hydrogen) atoms. The molecule has 0 amide bonds. The van der Waals surface area contributed by atoms with Crippen LogP contribution in [-0.4, -0.2) is 23.3 Å². The van der Waals surface area contributed by atoms with Crippen molar-refractivity contribution in [1.29, 1.82) is 0 Å². The first-order valence-electron chi connectivity index (χ1n) is 6.19. The molecule has 0 bridgehead atoms. The minimum absolute atomic E-state index is 0.401. The van der Waals surface area contributed by atoms with Gasteiger partial charge in [0.1, 0.15) is 0 Å². The van der Waals surface area contributed by atoms with Crippen LogP contribution in [0.1, 0.15) is 19.2 Å². The number of hydrogen-bond acceptors (Lipinski definition) is 4. The van der Waals surface area contributed by atoms with E-state index in [2.05, 4.69) is 22.4 Å². The highest BCUT2D eigenvalue weighted by atomic mass is 35.5. The predicted octanol–water partition coefficient (Wildman–Crippen LogP) is 3.59. The molecule has 2 aromatic rings. The summed E-state index contributed by atoms with van der Waals surface area (Å²) in [6, 6.07) is 5.15. The van der Waals surface area contributed by atoms with Gasteiger partial charge in [0, 0.05) is 18.0 Å². The van der Waals surface area contributed by atoms with Crippen molar-refractivity contribution in [3.05, 3.63) is 34.1 Å². The molecule has 0 fully saturated rings. The highest BCUT2D eigenvalue weighted by molar-refractivity contribution is 6.35. The van der Waals surface area contributed by atoms with Gasteiger partial charge in [-0.15, -0.1) is 10.2 Å². The monoisotopic (exact) mass is 299 g/mol. The lowest BCUT2D eigenvalue weighted by atomic mass is 10.2. The molecule has 0 saturated carbocycles. The van der Waals surface area contributed by atoms with Crippen LogP contribution in [0, 0.1) is 0 Å². The molecule has 6 heteroatoms. The number of hydrogen-bond donors (Lipinski definition) is 1. The maximum Gasteiger partial charge on any atom is 0.249 e. The summed E-state index contributed by atoms with van der Waals surface area (Å²) in [7, 11) is 0. The Bertz CT molecular complexity index is 542. The van der Waals surface area contributed by atoms with Gasteiger partial charge in [-0.3, -0.25) is 0 Å². The van der Waals surface area contributed by atoms with Crippen molar-refractivity contribution in [1.82, 2.24) is 15.5 Å². The standard InChI is InChI=1S/C13H15Cl2N3O/c1-2-6-16-7-5-12-17-18-13(19-12)10-8-9(14)3-4-11(10)15/h3-4,8,16H,2,5-7H2,1H3. The normalized spacial score (nSPS) is 10.9. The molecule has 0 aliphatic carbocycles. The lowest BCUT2D eigenvalue weighted by Gasteiger charge is -2.00. The lowest BCUT2D eigenvalue weighted by Crippen LogP contribution is -2.17. The largest absolute Gasteiger partial charge is 0.421 e. The Morgan fingerprint density at radius 2 is 2.05 bits per heavy atom. The van der Waals surface area contributed by atoms with Crippen molar-refractivity contribution in [2.75, 3.05) is 13.1 Å². The summed E-state index contributed by atoms with van der Waals surface area (Å²) in [6.07, 6.45) is 1.80. The fraction of sp³-hybridized carbons (Fsp3) is 0.385. The van der Waals surface area contributed by atoms with Crippen molar-refractivity contribution in [3.8, 4) is 11.5 Å². The molecule has 0 radical (unpaired) electrons. The summed E-state index contributed by atoms with van der Waals surface area (Å²) in [6.45, 7) is 3.93. The first-order valence-corrected chi connectivity index (χ1v) is 6.95. The number of benzene rings is 1. The maximum absolute atomic E-state index is 6.09. The average Bonchev–Trinajstić information content (AvgIpc) is 2.86. The summed E-state index contributed by atoms with van der Waals surface area (Å²) in [5.74, 6) is 0.993. The van der Waals surface area contributed by atoms with E-state index in [0.29, 0.717) is 33.8 Å². The number of aromatic nitrogens is 2. The maximum atomic E-state index is 6.09. The summed E-state index contributed by atoms with van der Waals surface area (Å²) >= 11 is 12.0. The molecule has 0 saturated heterocycles. The molecule has 4 nitrogen and oxygen atoms in total. The Morgan fingerprint density at radius 1 is 1.21 bits per heavy atom.